The van der Waals surface area contributed by atoms with Crippen LogP contribution in [0.4, 0.5) is 5.69 Å². The summed E-state index contributed by atoms with van der Waals surface area (Å²) in [6.07, 6.45) is 1.61. The van der Waals surface area contributed by atoms with E-state index < -0.39 is 5.54 Å². The first-order valence-electron chi connectivity index (χ1n) is 5.86. The van der Waals surface area contributed by atoms with Crippen LogP contribution in [-0.2, 0) is 9.53 Å². The number of carbonyl (C=O) groups is 1. The van der Waals surface area contributed by atoms with Gasteiger partial charge in [-0.1, -0.05) is 15.9 Å². The predicted molar refractivity (Wildman–Crippen MR) is 79.1 cm³/mol. The van der Waals surface area contributed by atoms with Crippen molar-refractivity contribution < 1.29 is 9.53 Å². The number of thioether (sulfide) groups is 1. The number of ether oxygens (including phenoxy) is 1. The van der Waals surface area contributed by atoms with E-state index in [0.717, 1.165) is 34.5 Å². The fourth-order valence-corrected chi connectivity index (χ4v) is 3.56. The molecule has 1 aliphatic rings. The van der Waals surface area contributed by atoms with Gasteiger partial charge in [-0.3, -0.25) is 0 Å². The summed E-state index contributed by atoms with van der Waals surface area (Å²) < 4.78 is 6.00. The van der Waals surface area contributed by atoms with Gasteiger partial charge < -0.3 is 10.1 Å². The maximum Gasteiger partial charge on any atom is 0.331 e. The number of anilines is 1. The summed E-state index contributed by atoms with van der Waals surface area (Å²) in [5, 5.41) is 3.36. The van der Waals surface area contributed by atoms with Crippen LogP contribution in [0, 0.1) is 0 Å². The van der Waals surface area contributed by atoms with E-state index in [1.807, 2.05) is 36.0 Å². The average molecular weight is 330 g/mol. The SMILES string of the molecule is COC(=O)C1(Nc2ccc(Br)cc2)CCSCC1. The largest absolute Gasteiger partial charge is 0.467 e. The van der Waals surface area contributed by atoms with Crippen molar-refractivity contribution in [3.63, 3.8) is 0 Å². The van der Waals surface area contributed by atoms with E-state index in [9.17, 15) is 4.79 Å². The van der Waals surface area contributed by atoms with E-state index in [1.54, 1.807) is 0 Å². The van der Waals surface area contributed by atoms with Crippen LogP contribution in [0.1, 0.15) is 12.8 Å². The van der Waals surface area contributed by atoms with Crippen molar-refractivity contribution in [1.82, 2.24) is 0 Å². The Morgan fingerprint density at radius 1 is 1.33 bits per heavy atom. The highest BCUT2D eigenvalue weighted by Gasteiger charge is 2.40. The molecule has 1 aromatic rings. The van der Waals surface area contributed by atoms with Crippen LogP contribution in [0.25, 0.3) is 0 Å². The van der Waals surface area contributed by atoms with Gasteiger partial charge in [0.15, 0.2) is 0 Å². The molecule has 0 spiro atoms. The van der Waals surface area contributed by atoms with Gasteiger partial charge in [-0.15, -0.1) is 0 Å². The third-order valence-electron chi connectivity index (χ3n) is 3.15. The number of benzene rings is 1. The first kappa shape index (κ1) is 13.7. The average Bonchev–Trinajstić information content (AvgIpc) is 2.41. The lowest BCUT2D eigenvalue weighted by Crippen LogP contribution is -2.49. The Hall–Kier alpha value is -0.680. The smallest absolute Gasteiger partial charge is 0.331 e. The summed E-state index contributed by atoms with van der Waals surface area (Å²) in [6.45, 7) is 0. The van der Waals surface area contributed by atoms with Crippen molar-refractivity contribution in [2.24, 2.45) is 0 Å². The first-order valence-corrected chi connectivity index (χ1v) is 7.81. The zero-order chi connectivity index (χ0) is 13.0. The van der Waals surface area contributed by atoms with Gasteiger partial charge in [0, 0.05) is 10.2 Å². The highest BCUT2D eigenvalue weighted by atomic mass is 79.9. The summed E-state index contributed by atoms with van der Waals surface area (Å²) in [5.74, 6) is 1.81. The molecule has 1 aliphatic heterocycles. The van der Waals surface area contributed by atoms with Gasteiger partial charge in [0.05, 0.1) is 7.11 Å². The van der Waals surface area contributed by atoms with Crippen molar-refractivity contribution in [2.45, 2.75) is 18.4 Å². The van der Waals surface area contributed by atoms with E-state index in [2.05, 4.69) is 21.2 Å². The number of esters is 1. The minimum absolute atomic E-state index is 0.161. The molecule has 0 bridgehead atoms. The van der Waals surface area contributed by atoms with E-state index in [-0.39, 0.29) is 5.97 Å². The van der Waals surface area contributed by atoms with Crippen LogP contribution in [0.15, 0.2) is 28.7 Å². The number of hydrogen-bond acceptors (Lipinski definition) is 4. The Labute approximate surface area is 120 Å². The maximum absolute atomic E-state index is 12.1. The second kappa shape index (κ2) is 5.97. The minimum atomic E-state index is -0.562. The molecule has 2 rings (SSSR count). The fourth-order valence-electron chi connectivity index (χ4n) is 2.10. The lowest BCUT2D eigenvalue weighted by Gasteiger charge is -2.35. The molecule has 3 nitrogen and oxygen atoms in total. The molecule has 1 saturated heterocycles. The minimum Gasteiger partial charge on any atom is -0.467 e. The van der Waals surface area contributed by atoms with Crippen LogP contribution in [0.3, 0.4) is 0 Å². The van der Waals surface area contributed by atoms with Gasteiger partial charge >= 0.3 is 5.97 Å². The van der Waals surface area contributed by atoms with Crippen LogP contribution < -0.4 is 5.32 Å². The van der Waals surface area contributed by atoms with E-state index in [1.165, 1.54) is 7.11 Å². The van der Waals surface area contributed by atoms with Crippen LogP contribution >= 0.6 is 27.7 Å². The molecule has 0 atom stereocenters. The van der Waals surface area contributed by atoms with E-state index in [4.69, 9.17) is 4.74 Å². The van der Waals surface area contributed by atoms with Crippen molar-refractivity contribution in [3.05, 3.63) is 28.7 Å². The zero-order valence-electron chi connectivity index (χ0n) is 10.2. The Morgan fingerprint density at radius 2 is 1.94 bits per heavy atom. The van der Waals surface area contributed by atoms with Gasteiger partial charge in [-0.25, -0.2) is 4.79 Å². The molecular weight excluding hydrogens is 314 g/mol. The Kier molecular flexibility index (Phi) is 4.56. The summed E-state index contributed by atoms with van der Waals surface area (Å²) in [6, 6.07) is 7.86. The normalized spacial score (nSPS) is 18.1. The van der Waals surface area contributed by atoms with E-state index >= 15 is 0 Å². The molecule has 0 radical (unpaired) electrons. The first-order chi connectivity index (χ1) is 8.66. The van der Waals surface area contributed by atoms with Crippen molar-refractivity contribution in [2.75, 3.05) is 23.9 Å². The predicted octanol–water partition coefficient (Wildman–Crippen LogP) is 3.30. The Bertz CT molecular complexity index is 416. The van der Waals surface area contributed by atoms with E-state index in [0.29, 0.717) is 0 Å². The fraction of sp³-hybridized carbons (Fsp3) is 0.462. The maximum atomic E-state index is 12.1. The Balaban J connectivity index is 2.19. The van der Waals surface area contributed by atoms with Crippen LogP contribution in [0.2, 0.25) is 0 Å². The van der Waals surface area contributed by atoms with Gasteiger partial charge in [-0.2, -0.15) is 11.8 Å². The molecular formula is C13H16BrNO2S. The summed E-state index contributed by atoms with van der Waals surface area (Å²) in [5.41, 5.74) is 0.392. The quantitative estimate of drug-likeness (QED) is 0.863. The third-order valence-corrected chi connectivity index (χ3v) is 4.66. The molecule has 1 fully saturated rings. The summed E-state index contributed by atoms with van der Waals surface area (Å²) in [7, 11) is 1.45. The van der Waals surface area contributed by atoms with Crippen molar-refractivity contribution in [1.29, 1.82) is 0 Å². The van der Waals surface area contributed by atoms with Crippen molar-refractivity contribution in [3.8, 4) is 0 Å². The summed E-state index contributed by atoms with van der Waals surface area (Å²) >= 11 is 5.29. The van der Waals surface area contributed by atoms with Gasteiger partial charge in [0.2, 0.25) is 0 Å². The molecule has 18 heavy (non-hydrogen) atoms. The van der Waals surface area contributed by atoms with Gasteiger partial charge in [0.25, 0.3) is 0 Å². The molecule has 1 heterocycles. The third kappa shape index (κ3) is 3.01. The van der Waals surface area contributed by atoms with Crippen LogP contribution in [0.5, 0.6) is 0 Å². The lowest BCUT2D eigenvalue weighted by atomic mass is 9.92. The molecule has 5 heteroatoms. The number of methoxy groups -OCH3 is 1. The molecule has 0 saturated carbocycles. The highest BCUT2D eigenvalue weighted by molar-refractivity contribution is 9.10. The van der Waals surface area contributed by atoms with Crippen LogP contribution in [-0.4, -0.2) is 30.1 Å². The topological polar surface area (TPSA) is 38.3 Å². The number of hydrogen-bond donors (Lipinski definition) is 1. The zero-order valence-corrected chi connectivity index (χ0v) is 12.6. The standard InChI is InChI=1S/C13H16BrNO2S/c1-17-12(16)13(6-8-18-9-7-13)15-11-4-2-10(14)3-5-11/h2-5,15H,6-9H2,1H3. The molecule has 0 aliphatic carbocycles. The molecule has 0 unspecified atom stereocenters. The Morgan fingerprint density at radius 3 is 2.50 bits per heavy atom. The lowest BCUT2D eigenvalue weighted by molar-refractivity contribution is -0.146. The number of nitrogens with one attached hydrogen (secondary N) is 1. The highest BCUT2D eigenvalue weighted by Crippen LogP contribution is 2.32. The number of rotatable bonds is 3. The second-order valence-electron chi connectivity index (χ2n) is 4.32. The van der Waals surface area contributed by atoms with Gasteiger partial charge in [0.1, 0.15) is 5.54 Å². The molecule has 0 aromatic heterocycles. The molecule has 0 amide bonds. The molecule has 98 valence electrons. The molecule has 1 N–H and O–H groups in total. The number of halogens is 1. The van der Waals surface area contributed by atoms with Gasteiger partial charge in [-0.05, 0) is 48.6 Å². The monoisotopic (exact) mass is 329 g/mol. The summed E-state index contributed by atoms with van der Waals surface area (Å²) in [4.78, 5) is 12.1. The van der Waals surface area contributed by atoms with Crippen molar-refractivity contribution >= 4 is 39.3 Å². The second-order valence-corrected chi connectivity index (χ2v) is 6.46. The molecule has 1 aromatic carbocycles. The number of carbonyl (C=O) groups excluding carboxylic acids is 1.